The van der Waals surface area contributed by atoms with Gasteiger partial charge in [-0.05, 0) is 149 Å². The molecule has 0 N–H and O–H groups in total. The molecule has 12 aromatic rings. The van der Waals surface area contributed by atoms with E-state index in [1.54, 1.807) is 0 Å². The molecule has 0 saturated carbocycles. The van der Waals surface area contributed by atoms with Gasteiger partial charge in [0.2, 0.25) is 0 Å². The Kier molecular flexibility index (Phi) is 8.66. The zero-order chi connectivity index (χ0) is 47.7. The summed E-state index contributed by atoms with van der Waals surface area (Å²) < 4.78 is 6.81. The van der Waals surface area contributed by atoms with Crippen molar-refractivity contribution in [1.29, 1.82) is 0 Å². The smallest absolute Gasteiger partial charge is 0.159 e. The maximum atomic E-state index is 6.81. The van der Waals surface area contributed by atoms with Crippen LogP contribution in [0.3, 0.4) is 0 Å². The summed E-state index contributed by atoms with van der Waals surface area (Å²) in [6, 6.07) is 92.0. The van der Waals surface area contributed by atoms with Gasteiger partial charge in [0.1, 0.15) is 5.58 Å². The Morgan fingerprint density at radius 2 is 0.833 bits per heavy atom. The zero-order valence-electron chi connectivity index (χ0n) is 40.0. The molecule has 0 atom stereocenters. The van der Waals surface area contributed by atoms with Crippen LogP contribution in [0.1, 0.15) is 47.2 Å². The van der Waals surface area contributed by atoms with Crippen molar-refractivity contribution in [2.24, 2.45) is 0 Å². The van der Waals surface area contributed by atoms with Crippen LogP contribution < -0.4 is 4.90 Å². The molecule has 1 spiro atoms. The van der Waals surface area contributed by atoms with Gasteiger partial charge in [-0.3, -0.25) is 0 Å². The van der Waals surface area contributed by atoms with Gasteiger partial charge in [-0.1, -0.05) is 214 Å². The van der Waals surface area contributed by atoms with Gasteiger partial charge in [0.05, 0.1) is 11.1 Å². The molecule has 72 heavy (non-hydrogen) atoms. The summed E-state index contributed by atoms with van der Waals surface area (Å²) in [6.07, 6.45) is 0. The molecule has 0 radical (unpaired) electrons. The van der Waals surface area contributed by atoms with Crippen LogP contribution in [0.4, 0.5) is 17.1 Å². The lowest BCUT2D eigenvalue weighted by Gasteiger charge is -2.31. The summed E-state index contributed by atoms with van der Waals surface area (Å²) in [5.41, 5.74) is 27.4. The first kappa shape index (κ1) is 40.9. The van der Waals surface area contributed by atoms with Crippen molar-refractivity contribution in [2.75, 3.05) is 4.90 Å². The minimum Gasteiger partial charge on any atom is -0.454 e. The van der Waals surface area contributed by atoms with Crippen molar-refractivity contribution in [3.63, 3.8) is 0 Å². The van der Waals surface area contributed by atoms with Crippen molar-refractivity contribution in [2.45, 2.75) is 24.7 Å². The first-order valence-electron chi connectivity index (χ1n) is 25.2. The number of fused-ring (bicyclic) bond motifs is 17. The highest BCUT2D eigenvalue weighted by Crippen LogP contribution is 2.66. The van der Waals surface area contributed by atoms with E-state index in [0.717, 1.165) is 55.7 Å². The Hall–Kier alpha value is -8.98. The summed E-state index contributed by atoms with van der Waals surface area (Å²) in [7, 11) is 0. The third-order valence-electron chi connectivity index (χ3n) is 16.3. The second kappa shape index (κ2) is 15.3. The number of hydrogen-bond donors (Lipinski definition) is 0. The maximum absolute atomic E-state index is 6.81. The molecule has 3 aliphatic carbocycles. The second-order valence-electron chi connectivity index (χ2n) is 20.3. The molecule has 11 aromatic carbocycles. The molecule has 0 aliphatic heterocycles. The Labute approximate surface area is 419 Å². The van der Waals surface area contributed by atoms with Crippen molar-refractivity contribution >= 4 is 39.0 Å². The van der Waals surface area contributed by atoms with E-state index < -0.39 is 5.41 Å². The number of benzene rings is 11. The van der Waals surface area contributed by atoms with Crippen molar-refractivity contribution < 1.29 is 4.42 Å². The van der Waals surface area contributed by atoms with Crippen molar-refractivity contribution in [3.05, 3.63) is 282 Å². The highest BCUT2D eigenvalue weighted by molar-refractivity contribution is 6.11. The van der Waals surface area contributed by atoms with Gasteiger partial charge < -0.3 is 9.32 Å². The highest BCUT2D eigenvalue weighted by Gasteiger charge is 2.53. The largest absolute Gasteiger partial charge is 0.454 e. The van der Waals surface area contributed by atoms with E-state index in [2.05, 4.69) is 261 Å². The average Bonchev–Trinajstić information content (AvgIpc) is 4.14. The van der Waals surface area contributed by atoms with Gasteiger partial charge in [-0.25, -0.2) is 0 Å². The molecular formula is C70H47NO. The molecule has 0 unspecified atom stereocenters. The van der Waals surface area contributed by atoms with Crippen LogP contribution in [0, 0.1) is 0 Å². The number of rotatable bonds is 6. The maximum Gasteiger partial charge on any atom is 0.159 e. The monoisotopic (exact) mass is 917 g/mol. The van der Waals surface area contributed by atoms with E-state index >= 15 is 0 Å². The Balaban J connectivity index is 0.934. The minimum atomic E-state index is -0.393. The fraction of sp³-hybridized carbons (Fsp3) is 0.0571. The van der Waals surface area contributed by atoms with Gasteiger partial charge >= 0.3 is 0 Å². The minimum absolute atomic E-state index is 0.255. The fourth-order valence-electron chi connectivity index (χ4n) is 13.1. The highest BCUT2D eigenvalue weighted by atomic mass is 16.3. The van der Waals surface area contributed by atoms with Gasteiger partial charge in [0.25, 0.3) is 0 Å². The zero-order valence-corrected chi connectivity index (χ0v) is 40.0. The van der Waals surface area contributed by atoms with Crippen LogP contribution in [0.2, 0.25) is 0 Å². The van der Waals surface area contributed by atoms with Crippen LogP contribution >= 0.6 is 0 Å². The number of nitrogens with zero attached hydrogens (tertiary/aromatic N) is 1. The lowest BCUT2D eigenvalue weighted by molar-refractivity contribution is 0.660. The summed E-state index contributed by atoms with van der Waals surface area (Å²) >= 11 is 0. The number of para-hydroxylation sites is 2. The Bertz CT molecular complexity index is 4130. The van der Waals surface area contributed by atoms with Crippen LogP contribution in [0.15, 0.2) is 253 Å². The summed E-state index contributed by atoms with van der Waals surface area (Å²) in [6.45, 7) is 4.84. The topological polar surface area (TPSA) is 16.4 Å². The summed E-state index contributed by atoms with van der Waals surface area (Å²) in [4.78, 5) is 2.39. The van der Waals surface area contributed by atoms with E-state index in [0.29, 0.717) is 0 Å². The van der Waals surface area contributed by atoms with E-state index in [4.69, 9.17) is 4.42 Å². The van der Waals surface area contributed by atoms with Crippen molar-refractivity contribution in [1.82, 2.24) is 0 Å². The molecule has 2 heteroatoms. The number of anilines is 3. The number of furan rings is 1. The van der Waals surface area contributed by atoms with Crippen molar-refractivity contribution in [3.8, 4) is 66.8 Å². The third kappa shape index (κ3) is 5.66. The molecule has 2 nitrogen and oxygen atoms in total. The molecular weight excluding hydrogens is 871 g/mol. The SMILES string of the molecule is CC1(C)c2cc(-c3cc(-c4ccccc4)cc(N(c4ccc(-c5ccccc5)cc4)c4cccc5c4oc4ccccc45)c3)ccc2-c2c1ccc1c2-c2ccccc2C12c1ccccc1-c1ccccc12. The van der Waals surface area contributed by atoms with Gasteiger partial charge in [0, 0.05) is 27.6 Å². The third-order valence-corrected chi connectivity index (χ3v) is 16.3. The van der Waals surface area contributed by atoms with E-state index in [1.165, 1.54) is 83.5 Å². The Morgan fingerprint density at radius 3 is 1.54 bits per heavy atom. The summed E-state index contributed by atoms with van der Waals surface area (Å²) in [5, 5.41) is 2.20. The van der Waals surface area contributed by atoms with E-state index in [9.17, 15) is 0 Å². The molecule has 15 rings (SSSR count). The Morgan fingerprint density at radius 1 is 0.319 bits per heavy atom. The predicted octanol–water partition coefficient (Wildman–Crippen LogP) is 18.7. The molecule has 1 heterocycles. The van der Waals surface area contributed by atoms with Crippen LogP contribution in [-0.4, -0.2) is 0 Å². The normalized spacial score (nSPS) is 13.9. The van der Waals surface area contributed by atoms with Gasteiger partial charge in [-0.2, -0.15) is 0 Å². The molecule has 1 aromatic heterocycles. The molecule has 0 bridgehead atoms. The standard InChI is InChI=1S/C70H47NO/c1-69(2)61-38-39-62-67(56-25-11-15-29-60(56)70(62)58-27-13-9-22-52(58)53-23-10-14-28-59(53)70)66(61)57-37-34-47(43-63(57)69)49-40-48(45-20-7-4-8-21-45)41-51(42-49)71(50-35-32-46(33-36-50)44-18-5-3-6-19-44)64-30-17-26-55-54-24-12-16-31-65(54)72-68(55)64/h3-43H,1-2H3. The average molecular weight is 918 g/mol. The first-order chi connectivity index (χ1) is 35.5. The van der Waals surface area contributed by atoms with Crippen LogP contribution in [0.25, 0.3) is 88.7 Å². The second-order valence-corrected chi connectivity index (χ2v) is 20.3. The van der Waals surface area contributed by atoms with Crippen LogP contribution in [-0.2, 0) is 10.8 Å². The lowest BCUT2D eigenvalue weighted by atomic mass is 9.70. The molecule has 3 aliphatic rings. The first-order valence-corrected chi connectivity index (χ1v) is 25.2. The van der Waals surface area contributed by atoms with Crippen LogP contribution in [0.5, 0.6) is 0 Å². The molecule has 0 fully saturated rings. The van der Waals surface area contributed by atoms with Gasteiger partial charge in [0.15, 0.2) is 5.58 Å². The molecule has 0 amide bonds. The van der Waals surface area contributed by atoms with E-state index in [1.807, 2.05) is 6.07 Å². The fourth-order valence-corrected chi connectivity index (χ4v) is 13.1. The predicted molar refractivity (Wildman–Crippen MR) is 299 cm³/mol. The quantitative estimate of drug-likeness (QED) is 0.165. The molecule has 338 valence electrons. The summed E-state index contributed by atoms with van der Waals surface area (Å²) in [5.74, 6) is 0. The number of hydrogen-bond acceptors (Lipinski definition) is 2. The van der Waals surface area contributed by atoms with Gasteiger partial charge in [-0.15, -0.1) is 0 Å². The lowest BCUT2D eigenvalue weighted by Crippen LogP contribution is -2.26. The van der Waals surface area contributed by atoms with E-state index in [-0.39, 0.29) is 5.41 Å². The molecule has 0 saturated heterocycles.